The first kappa shape index (κ1) is 13.9. The van der Waals surface area contributed by atoms with Crippen LogP contribution in [0.15, 0.2) is 30.3 Å². The van der Waals surface area contributed by atoms with E-state index in [9.17, 15) is 0 Å². The predicted molar refractivity (Wildman–Crippen MR) is 76.4 cm³/mol. The second kappa shape index (κ2) is 8.03. The second-order valence-electron chi connectivity index (χ2n) is 4.38. The predicted octanol–water partition coefficient (Wildman–Crippen LogP) is -0.162. The summed E-state index contributed by atoms with van der Waals surface area (Å²) < 4.78 is 0. The van der Waals surface area contributed by atoms with Crippen molar-refractivity contribution in [2.24, 2.45) is 0 Å². The molecule has 0 radical (unpaired) electrons. The molecule has 0 bridgehead atoms. The zero-order valence-corrected chi connectivity index (χ0v) is 11.4. The monoisotopic (exact) mass is 252 g/mol. The number of nitrogens with one attached hydrogen (secondary N) is 3. The maximum Gasteiger partial charge on any atom is 0.166 e. The van der Waals surface area contributed by atoms with Crippen LogP contribution < -0.4 is 15.5 Å². The van der Waals surface area contributed by atoms with Gasteiger partial charge in [0.1, 0.15) is 0 Å². The molecular formula is C13H22N3S+. The molecule has 0 aliphatic rings. The van der Waals surface area contributed by atoms with Crippen LogP contribution in [0, 0.1) is 0 Å². The Kier molecular flexibility index (Phi) is 6.58. The fourth-order valence-corrected chi connectivity index (χ4v) is 1.66. The molecule has 3 N–H and O–H groups in total. The molecule has 0 spiro atoms. The first-order valence-corrected chi connectivity index (χ1v) is 6.44. The van der Waals surface area contributed by atoms with Crippen molar-refractivity contribution in [1.82, 2.24) is 10.6 Å². The zero-order chi connectivity index (χ0) is 12.5. The van der Waals surface area contributed by atoms with Gasteiger partial charge in [-0.3, -0.25) is 0 Å². The van der Waals surface area contributed by atoms with Gasteiger partial charge in [-0.1, -0.05) is 30.3 Å². The Morgan fingerprint density at radius 3 is 2.41 bits per heavy atom. The van der Waals surface area contributed by atoms with Gasteiger partial charge in [-0.05, 0) is 24.2 Å². The molecule has 0 atom stereocenters. The molecule has 1 aromatic carbocycles. The van der Waals surface area contributed by atoms with Crippen molar-refractivity contribution >= 4 is 17.3 Å². The van der Waals surface area contributed by atoms with Crippen molar-refractivity contribution in [1.29, 1.82) is 0 Å². The summed E-state index contributed by atoms with van der Waals surface area (Å²) in [5.41, 5.74) is 1.33. The van der Waals surface area contributed by atoms with Crippen molar-refractivity contribution in [3.63, 3.8) is 0 Å². The lowest BCUT2D eigenvalue weighted by atomic mass is 10.1. The summed E-state index contributed by atoms with van der Waals surface area (Å²) in [6.07, 6.45) is 1.00. The summed E-state index contributed by atoms with van der Waals surface area (Å²) in [5.74, 6) is 0. The molecule has 1 rings (SSSR count). The molecule has 17 heavy (non-hydrogen) atoms. The van der Waals surface area contributed by atoms with Crippen molar-refractivity contribution in [2.45, 2.75) is 6.42 Å². The largest absolute Gasteiger partial charge is 0.362 e. The van der Waals surface area contributed by atoms with Crippen LogP contribution in [-0.2, 0) is 6.42 Å². The van der Waals surface area contributed by atoms with Crippen molar-refractivity contribution in [3.05, 3.63) is 35.9 Å². The van der Waals surface area contributed by atoms with E-state index in [1.807, 2.05) is 6.07 Å². The van der Waals surface area contributed by atoms with Gasteiger partial charge in [0.15, 0.2) is 5.11 Å². The summed E-state index contributed by atoms with van der Waals surface area (Å²) in [4.78, 5) is 1.42. The van der Waals surface area contributed by atoms with Crippen LogP contribution in [0.2, 0.25) is 0 Å². The first-order valence-electron chi connectivity index (χ1n) is 6.03. The summed E-state index contributed by atoms with van der Waals surface area (Å²) in [5, 5.41) is 7.17. The van der Waals surface area contributed by atoms with Crippen LogP contribution in [0.3, 0.4) is 0 Å². The molecular weight excluding hydrogens is 230 g/mol. The minimum atomic E-state index is 0.752. The van der Waals surface area contributed by atoms with Crippen molar-refractivity contribution < 1.29 is 4.90 Å². The first-order chi connectivity index (χ1) is 8.18. The van der Waals surface area contributed by atoms with Crippen LogP contribution in [-0.4, -0.2) is 38.8 Å². The summed E-state index contributed by atoms with van der Waals surface area (Å²) >= 11 is 5.19. The van der Waals surface area contributed by atoms with Crippen LogP contribution in [0.4, 0.5) is 0 Å². The maximum absolute atomic E-state index is 5.19. The number of benzene rings is 1. The molecule has 1 aromatic rings. The normalized spacial score (nSPS) is 10.3. The Balaban J connectivity index is 2.08. The fourth-order valence-electron chi connectivity index (χ4n) is 1.45. The molecule has 94 valence electrons. The molecule has 0 unspecified atom stereocenters. The van der Waals surface area contributed by atoms with Crippen LogP contribution in [0.25, 0.3) is 0 Å². The number of rotatable bonds is 6. The Morgan fingerprint density at radius 2 is 1.76 bits per heavy atom. The van der Waals surface area contributed by atoms with Gasteiger partial charge in [-0.15, -0.1) is 0 Å². The fraction of sp³-hybridized carbons (Fsp3) is 0.462. The average molecular weight is 252 g/mol. The lowest BCUT2D eigenvalue weighted by molar-refractivity contribution is -0.856. The highest BCUT2D eigenvalue weighted by Gasteiger charge is 1.97. The molecule has 0 aromatic heterocycles. The van der Waals surface area contributed by atoms with Crippen molar-refractivity contribution in [2.75, 3.05) is 33.7 Å². The highest BCUT2D eigenvalue weighted by molar-refractivity contribution is 7.80. The molecule has 0 saturated carbocycles. The van der Waals surface area contributed by atoms with Crippen LogP contribution in [0.5, 0.6) is 0 Å². The van der Waals surface area contributed by atoms with Crippen molar-refractivity contribution in [3.8, 4) is 0 Å². The van der Waals surface area contributed by atoms with E-state index in [0.717, 1.165) is 31.2 Å². The topological polar surface area (TPSA) is 28.5 Å². The Morgan fingerprint density at radius 1 is 1.12 bits per heavy atom. The van der Waals surface area contributed by atoms with E-state index in [4.69, 9.17) is 12.2 Å². The van der Waals surface area contributed by atoms with E-state index in [2.05, 4.69) is 49.0 Å². The third kappa shape index (κ3) is 6.92. The molecule has 3 nitrogen and oxygen atoms in total. The second-order valence-corrected chi connectivity index (χ2v) is 4.78. The summed E-state index contributed by atoms with van der Waals surface area (Å²) in [6.45, 7) is 2.87. The van der Waals surface area contributed by atoms with Gasteiger partial charge in [0, 0.05) is 6.54 Å². The Hall–Kier alpha value is -1.13. The molecule has 0 heterocycles. The lowest BCUT2D eigenvalue weighted by Gasteiger charge is -2.11. The lowest BCUT2D eigenvalue weighted by Crippen LogP contribution is -3.06. The highest BCUT2D eigenvalue weighted by atomic mass is 32.1. The van der Waals surface area contributed by atoms with E-state index in [1.165, 1.54) is 10.5 Å². The number of thiocarbonyl (C=S) groups is 1. The number of quaternary nitrogens is 1. The van der Waals surface area contributed by atoms with Gasteiger partial charge in [-0.25, -0.2) is 0 Å². The van der Waals surface area contributed by atoms with Crippen LogP contribution in [0.1, 0.15) is 5.56 Å². The standard InChI is InChI=1S/C13H21N3S/c1-16(2)11-10-15-13(17)14-9-8-12-6-4-3-5-7-12/h3-7H,8-11H2,1-2H3,(H2,14,15,17)/p+1. The number of likely N-dealkylation sites (N-methyl/N-ethyl adjacent to an activating group) is 1. The van der Waals surface area contributed by atoms with E-state index >= 15 is 0 Å². The molecule has 0 fully saturated rings. The van der Waals surface area contributed by atoms with E-state index < -0.39 is 0 Å². The van der Waals surface area contributed by atoms with Gasteiger partial charge in [0.25, 0.3) is 0 Å². The minimum absolute atomic E-state index is 0.752. The number of hydrogen-bond acceptors (Lipinski definition) is 1. The molecule has 0 saturated heterocycles. The zero-order valence-electron chi connectivity index (χ0n) is 10.6. The molecule has 0 aliphatic heterocycles. The Bertz CT molecular complexity index is 325. The van der Waals surface area contributed by atoms with Gasteiger partial charge >= 0.3 is 0 Å². The minimum Gasteiger partial charge on any atom is -0.362 e. The maximum atomic E-state index is 5.19. The average Bonchev–Trinajstić information content (AvgIpc) is 2.30. The summed E-state index contributed by atoms with van der Waals surface area (Å²) in [7, 11) is 4.26. The SMILES string of the molecule is C[NH+](C)CCNC(=S)NCCc1ccccc1. The smallest absolute Gasteiger partial charge is 0.166 e. The van der Waals surface area contributed by atoms with E-state index in [-0.39, 0.29) is 0 Å². The highest BCUT2D eigenvalue weighted by Crippen LogP contribution is 1.97. The van der Waals surface area contributed by atoms with Gasteiger partial charge in [-0.2, -0.15) is 0 Å². The van der Waals surface area contributed by atoms with E-state index in [1.54, 1.807) is 0 Å². The van der Waals surface area contributed by atoms with E-state index in [0.29, 0.717) is 0 Å². The number of hydrogen-bond donors (Lipinski definition) is 3. The third-order valence-electron chi connectivity index (χ3n) is 2.45. The molecule has 0 aliphatic carbocycles. The molecule has 0 amide bonds. The summed E-state index contributed by atoms with van der Waals surface area (Å²) in [6, 6.07) is 10.4. The molecule has 4 heteroatoms. The quantitative estimate of drug-likeness (QED) is 0.614. The van der Waals surface area contributed by atoms with Gasteiger partial charge in [0.2, 0.25) is 0 Å². The van der Waals surface area contributed by atoms with Gasteiger partial charge < -0.3 is 15.5 Å². The van der Waals surface area contributed by atoms with Gasteiger partial charge in [0.05, 0.1) is 27.2 Å². The third-order valence-corrected chi connectivity index (χ3v) is 2.74. The van der Waals surface area contributed by atoms with Crippen LogP contribution >= 0.6 is 12.2 Å². The Labute approximate surface area is 109 Å².